The van der Waals surface area contributed by atoms with E-state index in [1.54, 1.807) is 13.3 Å². The molecule has 0 unspecified atom stereocenters. The molecule has 5 heteroatoms. The van der Waals surface area contributed by atoms with Crippen LogP contribution in [0.2, 0.25) is 0 Å². The Kier molecular flexibility index (Phi) is 2.85. The van der Waals surface area contributed by atoms with Crippen molar-refractivity contribution in [1.82, 2.24) is 9.88 Å². The van der Waals surface area contributed by atoms with Crippen molar-refractivity contribution in [3.05, 3.63) is 17.8 Å². The van der Waals surface area contributed by atoms with Gasteiger partial charge in [0.15, 0.2) is 5.89 Å². The number of nitrogens with zero attached hydrogens (tertiary/aromatic N) is 2. The lowest BCUT2D eigenvalue weighted by Gasteiger charge is -2.20. The summed E-state index contributed by atoms with van der Waals surface area (Å²) in [6, 6.07) is 0.0923. The highest BCUT2D eigenvalue weighted by molar-refractivity contribution is 5.65. The Morgan fingerprint density at radius 3 is 2.94 bits per heavy atom. The molecule has 1 amide bonds. The van der Waals surface area contributed by atoms with E-state index >= 15 is 0 Å². The summed E-state index contributed by atoms with van der Waals surface area (Å²) in [6.07, 6.45) is 3.41. The van der Waals surface area contributed by atoms with E-state index in [9.17, 15) is 4.79 Å². The van der Waals surface area contributed by atoms with Gasteiger partial charge < -0.3 is 14.4 Å². The summed E-state index contributed by atoms with van der Waals surface area (Å²) in [6.45, 7) is 1.89. The Hall–Kier alpha value is -1.52. The lowest BCUT2D eigenvalue weighted by molar-refractivity contribution is 0.138. The van der Waals surface area contributed by atoms with Gasteiger partial charge in [0.1, 0.15) is 6.26 Å². The van der Waals surface area contributed by atoms with Crippen molar-refractivity contribution in [2.45, 2.75) is 38.1 Å². The van der Waals surface area contributed by atoms with Gasteiger partial charge in [0.2, 0.25) is 0 Å². The highest BCUT2D eigenvalue weighted by Crippen LogP contribution is 2.35. The molecule has 2 rings (SSSR count). The Bertz CT molecular complexity index is 388. The Balaban J connectivity index is 2.00. The van der Waals surface area contributed by atoms with E-state index in [1.165, 1.54) is 4.90 Å². The lowest BCUT2D eigenvalue weighted by Crippen LogP contribution is -2.34. The van der Waals surface area contributed by atoms with Gasteiger partial charge in [-0.05, 0) is 26.2 Å². The van der Waals surface area contributed by atoms with Gasteiger partial charge in [-0.25, -0.2) is 9.78 Å². The SMILES string of the molecule is Cc1coc([C@H]2CC[C@@H](N(C)C(=O)O)C2)n1. The van der Waals surface area contributed by atoms with Crippen LogP contribution in [0.1, 0.15) is 36.8 Å². The number of oxazole rings is 1. The van der Waals surface area contributed by atoms with Gasteiger partial charge in [0, 0.05) is 19.0 Å². The molecule has 1 aromatic heterocycles. The van der Waals surface area contributed by atoms with Crippen LogP contribution >= 0.6 is 0 Å². The predicted molar refractivity (Wildman–Crippen MR) is 57.4 cm³/mol. The minimum Gasteiger partial charge on any atom is -0.465 e. The molecule has 16 heavy (non-hydrogen) atoms. The van der Waals surface area contributed by atoms with Crippen molar-refractivity contribution < 1.29 is 14.3 Å². The molecule has 0 aliphatic heterocycles. The fourth-order valence-corrected chi connectivity index (χ4v) is 2.25. The van der Waals surface area contributed by atoms with Gasteiger partial charge >= 0.3 is 6.09 Å². The molecule has 1 saturated carbocycles. The third-order valence-corrected chi connectivity index (χ3v) is 3.24. The molecule has 0 aromatic carbocycles. The van der Waals surface area contributed by atoms with Crippen molar-refractivity contribution in [1.29, 1.82) is 0 Å². The molecule has 1 aliphatic rings. The average molecular weight is 224 g/mol. The van der Waals surface area contributed by atoms with E-state index in [2.05, 4.69) is 4.98 Å². The molecular formula is C11H16N2O3. The number of amides is 1. The Morgan fingerprint density at radius 2 is 2.38 bits per heavy atom. The molecule has 0 saturated heterocycles. The minimum absolute atomic E-state index is 0.0923. The Morgan fingerprint density at radius 1 is 1.62 bits per heavy atom. The van der Waals surface area contributed by atoms with E-state index in [0.717, 1.165) is 30.8 Å². The standard InChI is InChI=1S/C11H16N2O3/c1-7-6-16-10(12-7)8-3-4-9(5-8)13(2)11(14)15/h6,8-9H,3-5H2,1-2H3,(H,14,15)/t8-,9+/m0/s1. The number of rotatable bonds is 2. The molecule has 0 radical (unpaired) electrons. The molecule has 0 bridgehead atoms. The number of carbonyl (C=O) groups is 1. The van der Waals surface area contributed by atoms with Crippen molar-refractivity contribution in [2.75, 3.05) is 7.05 Å². The Labute approximate surface area is 94.1 Å². The first-order valence-electron chi connectivity index (χ1n) is 5.45. The molecule has 5 nitrogen and oxygen atoms in total. The minimum atomic E-state index is -0.866. The first-order chi connectivity index (χ1) is 7.58. The molecule has 1 aromatic rings. The van der Waals surface area contributed by atoms with Crippen molar-refractivity contribution in [3.63, 3.8) is 0 Å². The van der Waals surface area contributed by atoms with Gasteiger partial charge in [0.05, 0.1) is 5.69 Å². The van der Waals surface area contributed by atoms with E-state index in [1.807, 2.05) is 6.92 Å². The molecule has 88 valence electrons. The molecule has 1 fully saturated rings. The first kappa shape index (κ1) is 11.0. The van der Waals surface area contributed by atoms with Crippen LogP contribution in [0.4, 0.5) is 4.79 Å². The van der Waals surface area contributed by atoms with E-state index in [0.29, 0.717) is 0 Å². The van der Waals surface area contributed by atoms with Crippen LogP contribution < -0.4 is 0 Å². The van der Waals surface area contributed by atoms with Crippen molar-refractivity contribution in [2.24, 2.45) is 0 Å². The second-order valence-corrected chi connectivity index (χ2v) is 4.38. The quantitative estimate of drug-likeness (QED) is 0.836. The fourth-order valence-electron chi connectivity index (χ4n) is 2.25. The monoisotopic (exact) mass is 224 g/mol. The van der Waals surface area contributed by atoms with Crippen LogP contribution in [0.5, 0.6) is 0 Å². The fraction of sp³-hybridized carbons (Fsp3) is 0.636. The van der Waals surface area contributed by atoms with Crippen LogP contribution in [0.15, 0.2) is 10.7 Å². The van der Waals surface area contributed by atoms with Gasteiger partial charge in [-0.2, -0.15) is 0 Å². The predicted octanol–water partition coefficient (Wildman–Crippen LogP) is 2.23. The van der Waals surface area contributed by atoms with Crippen LogP contribution in [0.3, 0.4) is 0 Å². The molecular weight excluding hydrogens is 208 g/mol. The van der Waals surface area contributed by atoms with Crippen LogP contribution in [0, 0.1) is 6.92 Å². The zero-order valence-electron chi connectivity index (χ0n) is 9.51. The van der Waals surface area contributed by atoms with Crippen molar-refractivity contribution >= 4 is 6.09 Å². The summed E-state index contributed by atoms with van der Waals surface area (Å²) in [5, 5.41) is 8.89. The number of hydrogen-bond acceptors (Lipinski definition) is 3. The van der Waals surface area contributed by atoms with Gasteiger partial charge in [-0.3, -0.25) is 0 Å². The molecule has 1 N–H and O–H groups in total. The highest BCUT2D eigenvalue weighted by atomic mass is 16.4. The second-order valence-electron chi connectivity index (χ2n) is 4.38. The van der Waals surface area contributed by atoms with Gasteiger partial charge in [-0.15, -0.1) is 0 Å². The molecule has 1 heterocycles. The van der Waals surface area contributed by atoms with Crippen LogP contribution in [-0.4, -0.2) is 34.2 Å². The van der Waals surface area contributed by atoms with Crippen molar-refractivity contribution in [3.8, 4) is 0 Å². The zero-order chi connectivity index (χ0) is 11.7. The smallest absolute Gasteiger partial charge is 0.407 e. The summed E-state index contributed by atoms with van der Waals surface area (Å²) in [4.78, 5) is 16.5. The third-order valence-electron chi connectivity index (χ3n) is 3.24. The van der Waals surface area contributed by atoms with Gasteiger partial charge in [0.25, 0.3) is 0 Å². The normalized spacial score (nSPS) is 24.6. The summed E-state index contributed by atoms with van der Waals surface area (Å²) in [5.41, 5.74) is 0.880. The maximum atomic E-state index is 10.8. The molecule has 2 atom stereocenters. The summed E-state index contributed by atoms with van der Waals surface area (Å²) in [7, 11) is 1.62. The summed E-state index contributed by atoms with van der Waals surface area (Å²) >= 11 is 0. The number of aromatic nitrogens is 1. The summed E-state index contributed by atoms with van der Waals surface area (Å²) < 4.78 is 5.36. The number of aryl methyl sites for hydroxylation is 1. The van der Waals surface area contributed by atoms with Gasteiger partial charge in [-0.1, -0.05) is 0 Å². The summed E-state index contributed by atoms with van der Waals surface area (Å²) in [5.74, 6) is 1.01. The van der Waals surface area contributed by atoms with Crippen LogP contribution in [-0.2, 0) is 0 Å². The van der Waals surface area contributed by atoms with Crippen LogP contribution in [0.25, 0.3) is 0 Å². The topological polar surface area (TPSA) is 66.6 Å². The van der Waals surface area contributed by atoms with E-state index in [-0.39, 0.29) is 12.0 Å². The zero-order valence-corrected chi connectivity index (χ0v) is 9.51. The van der Waals surface area contributed by atoms with E-state index < -0.39 is 6.09 Å². The molecule has 0 spiro atoms. The average Bonchev–Trinajstić information content (AvgIpc) is 2.84. The number of carboxylic acid groups (broad SMARTS) is 1. The third kappa shape index (κ3) is 2.03. The largest absolute Gasteiger partial charge is 0.465 e. The maximum Gasteiger partial charge on any atom is 0.407 e. The molecule has 1 aliphatic carbocycles. The second kappa shape index (κ2) is 4.15. The first-order valence-corrected chi connectivity index (χ1v) is 5.45. The highest BCUT2D eigenvalue weighted by Gasteiger charge is 2.32. The maximum absolute atomic E-state index is 10.8. The lowest BCUT2D eigenvalue weighted by atomic mass is 10.1. The van der Waals surface area contributed by atoms with E-state index in [4.69, 9.17) is 9.52 Å². The number of hydrogen-bond donors (Lipinski definition) is 1.